The Labute approximate surface area is 147 Å². The largest absolute Gasteiger partial charge is 0.489 e. The predicted octanol–water partition coefficient (Wildman–Crippen LogP) is 5.43. The fraction of sp³-hybridized carbons (Fsp3) is 0.150. The number of fused-ring (bicyclic) bond motifs is 1. The summed E-state index contributed by atoms with van der Waals surface area (Å²) in [6.45, 7) is 5.66. The quantitative estimate of drug-likeness (QED) is 0.582. The highest BCUT2D eigenvalue weighted by Crippen LogP contribution is 2.37. The second kappa shape index (κ2) is 6.71. The minimum atomic E-state index is -4.81. The smallest absolute Gasteiger partial charge is 0.450 e. The zero-order valence-corrected chi connectivity index (χ0v) is 13.9. The molecule has 1 aromatic heterocycles. The van der Waals surface area contributed by atoms with Crippen LogP contribution in [0.1, 0.15) is 12.7 Å². The van der Waals surface area contributed by atoms with Crippen molar-refractivity contribution < 1.29 is 22.3 Å². The van der Waals surface area contributed by atoms with Gasteiger partial charge in [0, 0.05) is 6.07 Å². The number of hydrogen-bond donors (Lipinski definition) is 0. The molecule has 6 heteroatoms. The lowest BCUT2D eigenvalue weighted by atomic mass is 10.0. The summed E-state index contributed by atoms with van der Waals surface area (Å²) in [7, 11) is 0. The van der Waals surface area contributed by atoms with Crippen LogP contribution in [0.4, 0.5) is 13.2 Å². The first-order valence-electron chi connectivity index (χ1n) is 7.78. The van der Waals surface area contributed by atoms with Crippen molar-refractivity contribution in [2.75, 3.05) is 6.61 Å². The first kappa shape index (κ1) is 17.8. The maximum Gasteiger partial charge on any atom is 0.450 e. The Morgan fingerprint density at radius 1 is 1.15 bits per heavy atom. The second-order valence-corrected chi connectivity index (χ2v) is 5.90. The molecular weight excluding hydrogens is 345 g/mol. The van der Waals surface area contributed by atoms with Crippen LogP contribution < -0.4 is 10.2 Å². The monoisotopic (exact) mass is 360 g/mol. The molecule has 0 saturated carbocycles. The van der Waals surface area contributed by atoms with E-state index < -0.39 is 22.9 Å². The molecule has 0 bridgehead atoms. The zero-order chi connectivity index (χ0) is 18.9. The molecule has 0 saturated heterocycles. The molecule has 0 aliphatic heterocycles. The van der Waals surface area contributed by atoms with E-state index in [2.05, 4.69) is 6.58 Å². The Morgan fingerprint density at radius 3 is 2.46 bits per heavy atom. The van der Waals surface area contributed by atoms with Crippen LogP contribution >= 0.6 is 0 Å². The van der Waals surface area contributed by atoms with E-state index >= 15 is 0 Å². The molecule has 0 atom stereocenters. The third-order valence-corrected chi connectivity index (χ3v) is 3.67. The zero-order valence-electron chi connectivity index (χ0n) is 13.9. The number of rotatable bonds is 4. The Bertz CT molecular complexity index is 1020. The summed E-state index contributed by atoms with van der Waals surface area (Å²) in [6.07, 6.45) is -4.81. The van der Waals surface area contributed by atoms with Gasteiger partial charge in [-0.05, 0) is 30.2 Å². The van der Waals surface area contributed by atoms with Gasteiger partial charge >= 0.3 is 6.18 Å². The lowest BCUT2D eigenvalue weighted by Gasteiger charge is -2.13. The van der Waals surface area contributed by atoms with Gasteiger partial charge in [-0.1, -0.05) is 36.9 Å². The van der Waals surface area contributed by atoms with Crippen LogP contribution in [0.2, 0.25) is 0 Å². The SMILES string of the molecule is C=C(C)COc1ccc2c(=O)c(-c3ccccc3)c(C(F)(F)F)oc2c1. The van der Waals surface area contributed by atoms with Crippen LogP contribution in [-0.2, 0) is 6.18 Å². The van der Waals surface area contributed by atoms with Crippen LogP contribution in [0.15, 0.2) is 69.9 Å². The third-order valence-electron chi connectivity index (χ3n) is 3.67. The fourth-order valence-corrected chi connectivity index (χ4v) is 2.54. The number of benzene rings is 2. The normalized spacial score (nSPS) is 11.5. The Kier molecular flexibility index (Phi) is 4.59. The van der Waals surface area contributed by atoms with Crippen molar-refractivity contribution in [3.05, 3.63) is 76.7 Å². The van der Waals surface area contributed by atoms with Gasteiger partial charge in [0.05, 0.1) is 10.9 Å². The number of alkyl halides is 3. The summed E-state index contributed by atoms with van der Waals surface area (Å²) in [6, 6.07) is 11.9. The van der Waals surface area contributed by atoms with Crippen LogP contribution in [0, 0.1) is 0 Å². The van der Waals surface area contributed by atoms with Crippen LogP contribution in [-0.4, -0.2) is 6.61 Å². The topological polar surface area (TPSA) is 39.4 Å². The van der Waals surface area contributed by atoms with E-state index in [1.54, 1.807) is 25.1 Å². The molecule has 3 rings (SSSR count). The Morgan fingerprint density at radius 2 is 1.85 bits per heavy atom. The summed E-state index contributed by atoms with van der Waals surface area (Å²) in [5, 5.41) is 0.0551. The number of hydrogen-bond acceptors (Lipinski definition) is 3. The molecular formula is C20H15F3O3. The Balaban J connectivity index is 2.25. The van der Waals surface area contributed by atoms with Crippen molar-refractivity contribution in [3.8, 4) is 16.9 Å². The summed E-state index contributed by atoms with van der Waals surface area (Å²) in [4.78, 5) is 12.8. The third kappa shape index (κ3) is 3.49. The van der Waals surface area contributed by atoms with E-state index in [0.29, 0.717) is 5.75 Å². The van der Waals surface area contributed by atoms with Gasteiger partial charge in [0.15, 0.2) is 0 Å². The lowest BCUT2D eigenvalue weighted by Crippen LogP contribution is -2.16. The standard InChI is InChI=1S/C20H15F3O3/c1-12(2)11-25-14-8-9-15-16(10-14)26-19(20(21,22)23)17(18(15)24)13-6-4-3-5-7-13/h3-10H,1,11H2,2H3. The molecule has 1 heterocycles. The molecule has 0 fully saturated rings. The first-order valence-corrected chi connectivity index (χ1v) is 7.78. The molecule has 3 aromatic rings. The Hall–Kier alpha value is -3.02. The van der Waals surface area contributed by atoms with E-state index in [0.717, 1.165) is 5.57 Å². The molecule has 26 heavy (non-hydrogen) atoms. The highest BCUT2D eigenvalue weighted by Gasteiger charge is 2.39. The van der Waals surface area contributed by atoms with Gasteiger partial charge in [-0.2, -0.15) is 13.2 Å². The number of halogens is 3. The minimum Gasteiger partial charge on any atom is -0.489 e. The van der Waals surface area contributed by atoms with Crippen molar-refractivity contribution >= 4 is 11.0 Å². The molecule has 0 aliphatic carbocycles. The van der Waals surface area contributed by atoms with Crippen molar-refractivity contribution in [1.29, 1.82) is 0 Å². The van der Waals surface area contributed by atoms with E-state index in [1.165, 1.54) is 30.3 Å². The molecule has 0 N–H and O–H groups in total. The molecule has 0 spiro atoms. The molecule has 0 radical (unpaired) electrons. The summed E-state index contributed by atoms with van der Waals surface area (Å²) < 4.78 is 51.1. The maximum atomic E-state index is 13.5. The summed E-state index contributed by atoms with van der Waals surface area (Å²) in [5.41, 5.74) is -0.515. The average Bonchev–Trinajstić information content (AvgIpc) is 2.59. The van der Waals surface area contributed by atoms with Crippen molar-refractivity contribution in [3.63, 3.8) is 0 Å². The molecule has 0 amide bonds. The van der Waals surface area contributed by atoms with Gasteiger partial charge in [-0.25, -0.2) is 0 Å². The van der Waals surface area contributed by atoms with Gasteiger partial charge < -0.3 is 9.15 Å². The highest BCUT2D eigenvalue weighted by molar-refractivity contribution is 5.84. The van der Waals surface area contributed by atoms with Crippen molar-refractivity contribution in [1.82, 2.24) is 0 Å². The van der Waals surface area contributed by atoms with E-state index in [4.69, 9.17) is 9.15 Å². The highest BCUT2D eigenvalue weighted by atomic mass is 19.4. The lowest BCUT2D eigenvalue weighted by molar-refractivity contribution is -0.152. The molecule has 2 aromatic carbocycles. The first-order chi connectivity index (χ1) is 12.3. The van der Waals surface area contributed by atoms with Gasteiger partial charge in [0.1, 0.15) is 17.9 Å². The summed E-state index contributed by atoms with van der Waals surface area (Å²) >= 11 is 0. The van der Waals surface area contributed by atoms with E-state index in [9.17, 15) is 18.0 Å². The molecule has 0 unspecified atom stereocenters. The van der Waals surface area contributed by atoms with Gasteiger partial charge in [0.2, 0.25) is 11.2 Å². The maximum absolute atomic E-state index is 13.5. The molecule has 134 valence electrons. The molecule has 3 nitrogen and oxygen atoms in total. The van der Waals surface area contributed by atoms with Gasteiger partial charge in [-0.15, -0.1) is 0 Å². The molecule has 0 aliphatic rings. The predicted molar refractivity (Wildman–Crippen MR) is 93.2 cm³/mol. The van der Waals surface area contributed by atoms with Gasteiger partial charge in [0.25, 0.3) is 0 Å². The second-order valence-electron chi connectivity index (χ2n) is 5.90. The van der Waals surface area contributed by atoms with Crippen LogP contribution in [0.25, 0.3) is 22.1 Å². The van der Waals surface area contributed by atoms with E-state index in [-0.39, 0.29) is 23.1 Å². The summed E-state index contributed by atoms with van der Waals surface area (Å²) in [5.74, 6) is -1.03. The minimum absolute atomic E-state index is 0.0551. The van der Waals surface area contributed by atoms with E-state index in [1.807, 2.05) is 0 Å². The van der Waals surface area contributed by atoms with Gasteiger partial charge in [-0.3, -0.25) is 4.79 Å². The average molecular weight is 360 g/mol. The van der Waals surface area contributed by atoms with Crippen molar-refractivity contribution in [2.24, 2.45) is 0 Å². The number of ether oxygens (including phenoxy) is 1. The fourth-order valence-electron chi connectivity index (χ4n) is 2.54. The van der Waals surface area contributed by atoms with Crippen LogP contribution in [0.5, 0.6) is 5.75 Å². The van der Waals surface area contributed by atoms with Crippen LogP contribution in [0.3, 0.4) is 0 Å². The van der Waals surface area contributed by atoms with Crippen molar-refractivity contribution in [2.45, 2.75) is 13.1 Å².